The predicted molar refractivity (Wildman–Crippen MR) is 133 cm³/mol. The van der Waals surface area contributed by atoms with Crippen molar-refractivity contribution in [1.82, 2.24) is 0 Å². The van der Waals surface area contributed by atoms with Crippen molar-refractivity contribution in [3.63, 3.8) is 0 Å². The Kier molecular flexibility index (Phi) is 17.4. The summed E-state index contributed by atoms with van der Waals surface area (Å²) in [5, 5.41) is 0. The summed E-state index contributed by atoms with van der Waals surface area (Å²) in [5.41, 5.74) is 0. The van der Waals surface area contributed by atoms with E-state index in [1.807, 2.05) is 0 Å². The van der Waals surface area contributed by atoms with Crippen LogP contribution in [0.5, 0.6) is 0 Å². The molecule has 0 aromatic heterocycles. The first-order valence-corrected chi connectivity index (χ1v) is 17.6. The van der Waals surface area contributed by atoms with E-state index < -0.39 is 4.21 Å². The minimum absolute atomic E-state index is 1.27. The standard InChI is InChI=1S/C21H47PS3/c1-4-7-10-13-16-19-22(23,24,20-17-14-11-8-5-2)25-21-18-15-12-9-6-3/h23-24H,4-21H2,1-3H3. The van der Waals surface area contributed by atoms with Gasteiger partial charge in [0.05, 0.1) is 0 Å². The van der Waals surface area contributed by atoms with E-state index in [0.29, 0.717) is 0 Å². The number of hydrogen-bond acceptors (Lipinski definition) is 3. The fourth-order valence-corrected chi connectivity index (χ4v) is 12.6. The molecule has 0 atom stereocenters. The molecule has 0 radical (unpaired) electrons. The summed E-state index contributed by atoms with van der Waals surface area (Å²) in [4.78, 5) is 0. The maximum atomic E-state index is 5.33. The van der Waals surface area contributed by atoms with Gasteiger partial charge in [-0.15, -0.1) is 0 Å². The van der Waals surface area contributed by atoms with Gasteiger partial charge in [-0.25, -0.2) is 0 Å². The third-order valence-corrected chi connectivity index (χ3v) is 16.5. The molecule has 25 heavy (non-hydrogen) atoms. The van der Waals surface area contributed by atoms with E-state index in [2.05, 4.69) is 32.2 Å². The summed E-state index contributed by atoms with van der Waals surface area (Å²) < 4.78 is -2.11. The van der Waals surface area contributed by atoms with Crippen molar-refractivity contribution in [1.29, 1.82) is 0 Å². The van der Waals surface area contributed by atoms with Gasteiger partial charge in [-0.2, -0.15) is 0 Å². The SMILES string of the molecule is CCCCCCCSP(S)(S)(CCCCCCC)CCCCCCC. The van der Waals surface area contributed by atoms with Crippen molar-refractivity contribution in [2.75, 3.05) is 18.1 Å². The first-order valence-electron chi connectivity index (χ1n) is 11.1. The molecule has 0 aliphatic rings. The Morgan fingerprint density at radius 3 is 1.28 bits per heavy atom. The molecule has 0 aromatic carbocycles. The van der Waals surface area contributed by atoms with Crippen LogP contribution in [0.15, 0.2) is 0 Å². The Labute approximate surface area is 174 Å². The summed E-state index contributed by atoms with van der Waals surface area (Å²) in [6.45, 7) is 6.88. The summed E-state index contributed by atoms with van der Waals surface area (Å²) in [7, 11) is 0. The molecule has 0 aromatic rings. The molecule has 0 aliphatic carbocycles. The molecule has 0 nitrogen and oxygen atoms in total. The predicted octanol–water partition coefficient (Wildman–Crippen LogP) is 9.79. The summed E-state index contributed by atoms with van der Waals surface area (Å²) in [5.74, 6) is 1.28. The van der Waals surface area contributed by atoms with Crippen LogP contribution in [0, 0.1) is 0 Å². The molecule has 0 aliphatic heterocycles. The van der Waals surface area contributed by atoms with Crippen molar-refractivity contribution in [3.8, 4) is 0 Å². The molecule has 154 valence electrons. The Morgan fingerprint density at radius 1 is 0.520 bits per heavy atom. The zero-order valence-corrected chi connectivity index (χ0v) is 21.0. The Hall–Kier alpha value is 1.48. The molecule has 0 amide bonds. The zero-order chi connectivity index (χ0) is 18.9. The molecular formula is C21H47PS3. The molecule has 0 saturated heterocycles. The van der Waals surface area contributed by atoms with Crippen LogP contribution in [0.2, 0.25) is 0 Å². The second-order valence-electron chi connectivity index (χ2n) is 7.82. The first kappa shape index (κ1) is 26.5. The van der Waals surface area contributed by atoms with Crippen LogP contribution in [0.1, 0.15) is 117 Å². The van der Waals surface area contributed by atoms with Crippen LogP contribution in [-0.2, 0) is 0 Å². The average molecular weight is 427 g/mol. The molecule has 0 saturated carbocycles. The summed E-state index contributed by atoms with van der Waals surface area (Å²) in [6.07, 6.45) is 23.1. The number of rotatable bonds is 19. The summed E-state index contributed by atoms with van der Waals surface area (Å²) in [6, 6.07) is 0. The van der Waals surface area contributed by atoms with Crippen molar-refractivity contribution >= 4 is 40.1 Å². The first-order chi connectivity index (χ1) is 12.0. The topological polar surface area (TPSA) is 0 Å². The quantitative estimate of drug-likeness (QED) is 0.118. The molecule has 0 heterocycles. The van der Waals surface area contributed by atoms with Gasteiger partial charge in [0.25, 0.3) is 0 Å². The molecule has 0 N–H and O–H groups in total. The third-order valence-electron chi connectivity index (χ3n) is 5.06. The number of unbranched alkanes of at least 4 members (excludes halogenated alkanes) is 12. The Morgan fingerprint density at radius 2 is 0.880 bits per heavy atom. The van der Waals surface area contributed by atoms with Gasteiger partial charge in [0.2, 0.25) is 0 Å². The van der Waals surface area contributed by atoms with Gasteiger partial charge in [-0.3, -0.25) is 0 Å². The van der Waals surface area contributed by atoms with E-state index in [1.54, 1.807) is 0 Å². The van der Waals surface area contributed by atoms with E-state index in [4.69, 9.17) is 24.5 Å². The molecule has 0 fully saturated rings. The van der Waals surface area contributed by atoms with Gasteiger partial charge in [0, 0.05) is 0 Å². The second-order valence-corrected chi connectivity index (χ2v) is 23.8. The fraction of sp³-hybridized carbons (Fsp3) is 1.00. The minimum atomic E-state index is -2.11. The Bertz CT molecular complexity index is 277. The number of thiol groups is 2. The van der Waals surface area contributed by atoms with Crippen molar-refractivity contribution in [2.45, 2.75) is 117 Å². The van der Waals surface area contributed by atoms with Crippen molar-refractivity contribution in [3.05, 3.63) is 0 Å². The van der Waals surface area contributed by atoms with Crippen LogP contribution < -0.4 is 0 Å². The van der Waals surface area contributed by atoms with E-state index in [0.717, 1.165) is 0 Å². The molecular weight excluding hydrogens is 379 g/mol. The van der Waals surface area contributed by atoms with Crippen LogP contribution in [-0.4, -0.2) is 18.1 Å². The van der Waals surface area contributed by atoms with Crippen molar-refractivity contribution in [2.24, 2.45) is 0 Å². The van der Waals surface area contributed by atoms with E-state index in [-0.39, 0.29) is 0 Å². The van der Waals surface area contributed by atoms with Gasteiger partial charge in [-0.1, -0.05) is 0 Å². The van der Waals surface area contributed by atoms with Gasteiger partial charge >= 0.3 is 175 Å². The van der Waals surface area contributed by atoms with E-state index >= 15 is 0 Å². The van der Waals surface area contributed by atoms with Crippen LogP contribution in [0.3, 0.4) is 0 Å². The van der Waals surface area contributed by atoms with Crippen LogP contribution in [0.4, 0.5) is 0 Å². The van der Waals surface area contributed by atoms with Crippen molar-refractivity contribution < 1.29 is 0 Å². The maximum absolute atomic E-state index is 5.33. The normalized spacial score (nSPS) is 13.7. The second kappa shape index (κ2) is 16.4. The summed E-state index contributed by atoms with van der Waals surface area (Å²) >= 11 is 12.8. The van der Waals surface area contributed by atoms with Crippen LogP contribution >= 0.6 is 40.1 Å². The third kappa shape index (κ3) is 16.2. The molecule has 0 spiro atoms. The van der Waals surface area contributed by atoms with Gasteiger partial charge in [0.15, 0.2) is 0 Å². The molecule has 0 unspecified atom stereocenters. The number of hydrogen-bond donors (Lipinski definition) is 2. The zero-order valence-electron chi connectivity index (χ0n) is 17.5. The van der Waals surface area contributed by atoms with E-state index in [1.165, 1.54) is 114 Å². The Balaban J connectivity index is 4.29. The fourth-order valence-electron chi connectivity index (χ4n) is 3.29. The van der Waals surface area contributed by atoms with Crippen LogP contribution in [0.25, 0.3) is 0 Å². The molecule has 4 heteroatoms. The van der Waals surface area contributed by atoms with E-state index in [9.17, 15) is 0 Å². The monoisotopic (exact) mass is 426 g/mol. The van der Waals surface area contributed by atoms with Gasteiger partial charge in [0.1, 0.15) is 0 Å². The average Bonchev–Trinajstić information content (AvgIpc) is 2.58. The van der Waals surface area contributed by atoms with Gasteiger partial charge in [-0.05, 0) is 0 Å². The molecule has 0 bridgehead atoms. The molecule has 0 rings (SSSR count). The van der Waals surface area contributed by atoms with Gasteiger partial charge < -0.3 is 0 Å².